The first-order chi connectivity index (χ1) is 11.5. The predicted octanol–water partition coefficient (Wildman–Crippen LogP) is 0.273. The van der Waals surface area contributed by atoms with Crippen LogP contribution in [0.15, 0.2) is 35.2 Å². The van der Waals surface area contributed by atoms with Crippen molar-refractivity contribution in [2.45, 2.75) is 23.8 Å². The number of rotatable bonds is 6. The second kappa shape index (κ2) is 8.57. The van der Waals surface area contributed by atoms with E-state index in [2.05, 4.69) is 0 Å². The van der Waals surface area contributed by atoms with Crippen LogP contribution in [-0.2, 0) is 19.6 Å². The lowest BCUT2D eigenvalue weighted by molar-refractivity contribution is -0.133. The van der Waals surface area contributed by atoms with Crippen LogP contribution < -0.4 is 5.73 Å². The zero-order chi connectivity index (χ0) is 17.6. The molecular formula is C16H25N3O4S. The summed E-state index contributed by atoms with van der Waals surface area (Å²) >= 11 is 0. The van der Waals surface area contributed by atoms with Crippen LogP contribution in [0.2, 0.25) is 0 Å². The van der Waals surface area contributed by atoms with E-state index in [9.17, 15) is 13.2 Å². The van der Waals surface area contributed by atoms with Gasteiger partial charge in [0.25, 0.3) is 0 Å². The third kappa shape index (κ3) is 4.54. The molecule has 1 atom stereocenters. The van der Waals surface area contributed by atoms with Gasteiger partial charge in [0.05, 0.1) is 17.4 Å². The van der Waals surface area contributed by atoms with E-state index in [0.29, 0.717) is 32.6 Å². The van der Waals surface area contributed by atoms with E-state index in [-0.39, 0.29) is 29.9 Å². The molecule has 0 bridgehead atoms. The van der Waals surface area contributed by atoms with E-state index in [1.807, 2.05) is 0 Å². The Morgan fingerprint density at radius 3 is 2.54 bits per heavy atom. The number of benzene rings is 1. The molecule has 0 radical (unpaired) electrons. The van der Waals surface area contributed by atoms with Crippen LogP contribution in [0.4, 0.5) is 0 Å². The average molecular weight is 355 g/mol. The number of sulfonamides is 1. The maximum absolute atomic E-state index is 12.7. The van der Waals surface area contributed by atoms with Gasteiger partial charge in [0.15, 0.2) is 0 Å². The molecule has 1 aromatic rings. The number of carbonyl (C=O) groups is 1. The first-order valence-electron chi connectivity index (χ1n) is 8.05. The Hall–Kier alpha value is -1.48. The van der Waals surface area contributed by atoms with Gasteiger partial charge >= 0.3 is 0 Å². The number of methoxy groups -OCH3 is 1. The van der Waals surface area contributed by atoms with Crippen LogP contribution in [0, 0.1) is 0 Å². The standard InChI is InChI=1S/C16H25N3O4S/c1-23-14(13-17)12-16(20)18-8-5-9-19(11-10-18)24(21,22)15-6-3-2-4-7-15/h2-4,6-7,14H,5,8-13,17H2,1H3. The third-order valence-corrected chi connectivity index (χ3v) is 6.10. The molecule has 1 heterocycles. The highest BCUT2D eigenvalue weighted by molar-refractivity contribution is 7.89. The van der Waals surface area contributed by atoms with Crippen LogP contribution >= 0.6 is 0 Å². The number of carbonyl (C=O) groups excluding carboxylic acids is 1. The van der Waals surface area contributed by atoms with Crippen molar-refractivity contribution in [3.8, 4) is 0 Å². The second-order valence-electron chi connectivity index (χ2n) is 5.75. The smallest absolute Gasteiger partial charge is 0.243 e. The van der Waals surface area contributed by atoms with Crippen LogP contribution in [0.1, 0.15) is 12.8 Å². The fourth-order valence-electron chi connectivity index (χ4n) is 2.71. The first-order valence-corrected chi connectivity index (χ1v) is 9.49. The van der Waals surface area contributed by atoms with Gasteiger partial charge in [-0.15, -0.1) is 0 Å². The van der Waals surface area contributed by atoms with Gasteiger partial charge in [0.2, 0.25) is 15.9 Å². The molecule has 1 amide bonds. The largest absolute Gasteiger partial charge is 0.380 e. The monoisotopic (exact) mass is 355 g/mol. The van der Waals surface area contributed by atoms with E-state index in [1.54, 1.807) is 35.2 Å². The Kier molecular flexibility index (Phi) is 6.73. The maximum atomic E-state index is 12.7. The van der Waals surface area contributed by atoms with Crippen molar-refractivity contribution in [3.63, 3.8) is 0 Å². The topological polar surface area (TPSA) is 92.9 Å². The van der Waals surface area contributed by atoms with Crippen LogP contribution in [0.25, 0.3) is 0 Å². The number of nitrogens with two attached hydrogens (primary N) is 1. The highest BCUT2D eigenvalue weighted by atomic mass is 32.2. The summed E-state index contributed by atoms with van der Waals surface area (Å²) in [6.07, 6.45) is 0.529. The summed E-state index contributed by atoms with van der Waals surface area (Å²) in [6.45, 7) is 1.91. The van der Waals surface area contributed by atoms with E-state index in [0.717, 1.165) is 0 Å². The molecule has 24 heavy (non-hydrogen) atoms. The lowest BCUT2D eigenvalue weighted by Crippen LogP contribution is -2.39. The molecule has 1 aromatic carbocycles. The van der Waals surface area contributed by atoms with Gasteiger partial charge in [-0.2, -0.15) is 4.31 Å². The fraction of sp³-hybridized carbons (Fsp3) is 0.562. The first kappa shape index (κ1) is 18.9. The molecular weight excluding hydrogens is 330 g/mol. The summed E-state index contributed by atoms with van der Waals surface area (Å²) in [5, 5.41) is 0. The summed E-state index contributed by atoms with van der Waals surface area (Å²) in [6, 6.07) is 8.38. The Morgan fingerprint density at radius 2 is 1.92 bits per heavy atom. The van der Waals surface area contributed by atoms with Crippen molar-refractivity contribution in [1.29, 1.82) is 0 Å². The summed E-state index contributed by atoms with van der Waals surface area (Å²) in [5.41, 5.74) is 5.55. The van der Waals surface area contributed by atoms with E-state index < -0.39 is 10.0 Å². The minimum Gasteiger partial charge on any atom is -0.380 e. The Balaban J connectivity index is 2.01. The third-order valence-electron chi connectivity index (χ3n) is 4.19. The number of ether oxygens (including phenoxy) is 1. The molecule has 1 saturated heterocycles. The molecule has 0 saturated carbocycles. The Morgan fingerprint density at radius 1 is 1.21 bits per heavy atom. The molecule has 134 valence electrons. The van der Waals surface area contributed by atoms with Gasteiger partial charge < -0.3 is 15.4 Å². The highest BCUT2D eigenvalue weighted by Gasteiger charge is 2.28. The molecule has 2 rings (SSSR count). The summed E-state index contributed by atoms with van der Waals surface area (Å²) < 4.78 is 31.9. The highest BCUT2D eigenvalue weighted by Crippen LogP contribution is 2.17. The van der Waals surface area contributed by atoms with Crippen molar-refractivity contribution in [3.05, 3.63) is 30.3 Å². The lowest BCUT2D eigenvalue weighted by Gasteiger charge is -2.23. The average Bonchev–Trinajstić information content (AvgIpc) is 2.87. The maximum Gasteiger partial charge on any atom is 0.243 e. The number of hydrogen-bond donors (Lipinski definition) is 1. The van der Waals surface area contributed by atoms with Crippen LogP contribution in [0.5, 0.6) is 0 Å². The second-order valence-corrected chi connectivity index (χ2v) is 7.69. The molecule has 7 nitrogen and oxygen atoms in total. The van der Waals surface area contributed by atoms with Gasteiger partial charge in [0, 0.05) is 39.8 Å². The quantitative estimate of drug-likeness (QED) is 0.791. The van der Waals surface area contributed by atoms with Gasteiger partial charge in [0.1, 0.15) is 0 Å². The molecule has 2 N–H and O–H groups in total. The SMILES string of the molecule is COC(CN)CC(=O)N1CCCN(S(=O)(=O)c2ccccc2)CC1. The normalized spacial score (nSPS) is 18.2. The van der Waals surface area contributed by atoms with Crippen molar-refractivity contribution in [2.24, 2.45) is 5.73 Å². The molecule has 1 unspecified atom stereocenters. The van der Waals surface area contributed by atoms with Crippen molar-refractivity contribution in [2.75, 3.05) is 39.8 Å². The molecule has 1 fully saturated rings. The van der Waals surface area contributed by atoms with E-state index in [1.165, 1.54) is 11.4 Å². The predicted molar refractivity (Wildman–Crippen MR) is 90.9 cm³/mol. The number of nitrogens with zero attached hydrogens (tertiary/aromatic N) is 2. The van der Waals surface area contributed by atoms with Crippen molar-refractivity contribution in [1.82, 2.24) is 9.21 Å². The Labute approximate surface area is 143 Å². The molecule has 0 spiro atoms. The number of amides is 1. The van der Waals surface area contributed by atoms with Gasteiger partial charge in [-0.05, 0) is 18.6 Å². The molecule has 1 aliphatic heterocycles. The zero-order valence-electron chi connectivity index (χ0n) is 13.9. The van der Waals surface area contributed by atoms with E-state index >= 15 is 0 Å². The Bertz CT molecular complexity index is 632. The number of hydrogen-bond acceptors (Lipinski definition) is 5. The van der Waals surface area contributed by atoms with E-state index in [4.69, 9.17) is 10.5 Å². The lowest BCUT2D eigenvalue weighted by atomic mass is 10.2. The molecule has 0 aliphatic carbocycles. The zero-order valence-corrected chi connectivity index (χ0v) is 14.7. The van der Waals surface area contributed by atoms with Crippen LogP contribution in [-0.4, -0.2) is 69.5 Å². The molecule has 8 heteroatoms. The van der Waals surface area contributed by atoms with Gasteiger partial charge in [-0.3, -0.25) is 4.79 Å². The van der Waals surface area contributed by atoms with Gasteiger partial charge in [-0.1, -0.05) is 18.2 Å². The van der Waals surface area contributed by atoms with Crippen molar-refractivity contribution >= 4 is 15.9 Å². The summed E-state index contributed by atoms with van der Waals surface area (Å²) in [4.78, 5) is 14.3. The van der Waals surface area contributed by atoms with Crippen molar-refractivity contribution < 1.29 is 17.9 Å². The minimum atomic E-state index is -3.52. The minimum absolute atomic E-state index is 0.0498. The van der Waals surface area contributed by atoms with Crippen LogP contribution in [0.3, 0.4) is 0 Å². The summed E-state index contributed by atoms with van der Waals surface area (Å²) in [5.74, 6) is -0.0498. The summed E-state index contributed by atoms with van der Waals surface area (Å²) in [7, 11) is -1.99. The molecule has 0 aromatic heterocycles. The fourth-order valence-corrected chi connectivity index (χ4v) is 4.20. The van der Waals surface area contributed by atoms with Gasteiger partial charge in [-0.25, -0.2) is 8.42 Å². The molecule has 1 aliphatic rings.